The highest BCUT2D eigenvalue weighted by Gasteiger charge is 2.38. The molecule has 26 heavy (non-hydrogen) atoms. The van der Waals surface area contributed by atoms with Crippen molar-refractivity contribution in [2.24, 2.45) is 0 Å². The molecule has 1 saturated heterocycles. The molecule has 1 N–H and O–H groups in total. The molecule has 0 aliphatic carbocycles. The molecule has 2 aromatic rings. The smallest absolute Gasteiger partial charge is 0.376 e. The van der Waals surface area contributed by atoms with E-state index in [4.69, 9.17) is 0 Å². The average molecular weight is 359 g/mol. The standard InChI is InChI=1S/C19H24BF2N3O/c1-13-12-25(20(3)26)14(2)11-24(13)19(15-6-8-16(21)9-7-15)18-17(22)5-4-10-23-18/h4-10,13-14,19,26H,11-12H2,1-3H3/t13-,14+,19?/m1/s1. The molecule has 0 bridgehead atoms. The summed E-state index contributed by atoms with van der Waals surface area (Å²) in [4.78, 5) is 8.50. The molecular weight excluding hydrogens is 335 g/mol. The fraction of sp³-hybridized carbons (Fsp3) is 0.421. The highest BCUT2D eigenvalue weighted by molar-refractivity contribution is 6.45. The molecule has 0 radical (unpaired) electrons. The first-order valence-corrected chi connectivity index (χ1v) is 8.94. The zero-order chi connectivity index (χ0) is 18.8. The minimum Gasteiger partial charge on any atom is -0.437 e. The lowest BCUT2D eigenvalue weighted by atomic mass is 9.80. The molecule has 0 saturated carbocycles. The van der Waals surface area contributed by atoms with E-state index in [1.807, 2.05) is 11.7 Å². The number of pyridine rings is 1. The first kappa shape index (κ1) is 19.0. The quantitative estimate of drug-likeness (QED) is 0.853. The van der Waals surface area contributed by atoms with Gasteiger partial charge < -0.3 is 9.83 Å². The number of hydrogen-bond donors (Lipinski definition) is 1. The van der Waals surface area contributed by atoms with Crippen LogP contribution in [-0.4, -0.2) is 51.9 Å². The van der Waals surface area contributed by atoms with E-state index in [-0.39, 0.29) is 23.7 Å². The highest BCUT2D eigenvalue weighted by atomic mass is 19.1. The summed E-state index contributed by atoms with van der Waals surface area (Å²) in [5.41, 5.74) is 1.14. The third-order valence-electron chi connectivity index (χ3n) is 5.13. The molecule has 1 aliphatic heterocycles. The summed E-state index contributed by atoms with van der Waals surface area (Å²) >= 11 is 0. The maximum absolute atomic E-state index is 14.6. The zero-order valence-corrected chi connectivity index (χ0v) is 15.3. The van der Waals surface area contributed by atoms with E-state index >= 15 is 0 Å². The summed E-state index contributed by atoms with van der Waals surface area (Å²) in [7, 11) is -0.537. The van der Waals surface area contributed by atoms with Crippen LogP contribution in [0.15, 0.2) is 42.6 Å². The fourth-order valence-corrected chi connectivity index (χ4v) is 3.81. The van der Waals surface area contributed by atoms with E-state index in [0.29, 0.717) is 18.8 Å². The summed E-state index contributed by atoms with van der Waals surface area (Å²) in [5, 5.41) is 9.99. The van der Waals surface area contributed by atoms with Crippen molar-refractivity contribution in [3.8, 4) is 0 Å². The van der Waals surface area contributed by atoms with Crippen LogP contribution in [0.2, 0.25) is 6.82 Å². The van der Waals surface area contributed by atoms with E-state index < -0.39 is 13.1 Å². The van der Waals surface area contributed by atoms with Crippen molar-refractivity contribution in [3.63, 3.8) is 0 Å². The van der Waals surface area contributed by atoms with Crippen molar-refractivity contribution in [2.75, 3.05) is 13.1 Å². The molecule has 4 nitrogen and oxygen atoms in total. The minimum atomic E-state index is -0.537. The molecule has 138 valence electrons. The Hall–Kier alpha value is -1.83. The van der Waals surface area contributed by atoms with Crippen molar-refractivity contribution >= 4 is 7.05 Å². The highest BCUT2D eigenvalue weighted by Crippen LogP contribution is 2.33. The molecule has 1 aliphatic rings. The average Bonchev–Trinajstić information content (AvgIpc) is 2.60. The SMILES string of the molecule is CB(O)N1C[C@@H](C)N(C(c2ccc(F)cc2)c2ncccc2F)C[C@@H]1C. The van der Waals surface area contributed by atoms with Gasteiger partial charge in [0, 0.05) is 31.4 Å². The maximum atomic E-state index is 14.6. The predicted octanol–water partition coefficient (Wildman–Crippen LogP) is 2.95. The second-order valence-electron chi connectivity index (χ2n) is 7.05. The van der Waals surface area contributed by atoms with Gasteiger partial charge in [-0.25, -0.2) is 8.78 Å². The van der Waals surface area contributed by atoms with E-state index in [9.17, 15) is 13.8 Å². The van der Waals surface area contributed by atoms with Crippen molar-refractivity contribution in [3.05, 3.63) is 65.5 Å². The summed E-state index contributed by atoms with van der Waals surface area (Å²) in [6.45, 7) is 7.16. The van der Waals surface area contributed by atoms with Gasteiger partial charge in [0.05, 0.1) is 11.7 Å². The normalized spacial score (nSPS) is 23.0. The minimum absolute atomic E-state index is 0.0669. The number of halogens is 2. The van der Waals surface area contributed by atoms with E-state index in [1.54, 1.807) is 31.2 Å². The van der Waals surface area contributed by atoms with Crippen LogP contribution in [0.4, 0.5) is 8.78 Å². The number of piperazine rings is 1. The number of benzene rings is 1. The molecular formula is C19H24BF2N3O. The Morgan fingerprint density at radius 3 is 2.42 bits per heavy atom. The lowest BCUT2D eigenvalue weighted by Crippen LogP contribution is -2.60. The molecule has 1 unspecified atom stereocenters. The Morgan fingerprint density at radius 1 is 1.12 bits per heavy atom. The van der Waals surface area contributed by atoms with Crippen LogP contribution in [0.5, 0.6) is 0 Å². The fourth-order valence-electron chi connectivity index (χ4n) is 3.81. The van der Waals surface area contributed by atoms with Crippen molar-refractivity contribution in [2.45, 2.75) is 38.8 Å². The topological polar surface area (TPSA) is 39.6 Å². The van der Waals surface area contributed by atoms with Crippen LogP contribution in [0.3, 0.4) is 0 Å². The summed E-state index contributed by atoms with van der Waals surface area (Å²) in [5.74, 6) is -0.700. The Labute approximate surface area is 153 Å². The second-order valence-corrected chi connectivity index (χ2v) is 7.05. The van der Waals surface area contributed by atoms with Crippen molar-refractivity contribution < 1.29 is 13.8 Å². The molecule has 1 aromatic carbocycles. The number of aromatic nitrogens is 1. The van der Waals surface area contributed by atoms with Crippen LogP contribution < -0.4 is 0 Å². The number of hydrogen-bond acceptors (Lipinski definition) is 4. The maximum Gasteiger partial charge on any atom is 0.376 e. The van der Waals surface area contributed by atoms with Gasteiger partial charge in [-0.2, -0.15) is 0 Å². The Balaban J connectivity index is 2.01. The lowest BCUT2D eigenvalue weighted by molar-refractivity contribution is 0.0559. The molecule has 7 heteroatoms. The van der Waals surface area contributed by atoms with Crippen LogP contribution in [0, 0.1) is 11.6 Å². The van der Waals surface area contributed by atoms with Gasteiger partial charge in [-0.15, -0.1) is 0 Å². The van der Waals surface area contributed by atoms with Gasteiger partial charge in [-0.05, 0) is 50.5 Å². The van der Waals surface area contributed by atoms with E-state index in [1.165, 1.54) is 18.2 Å². The monoisotopic (exact) mass is 359 g/mol. The first-order valence-electron chi connectivity index (χ1n) is 8.94. The Bertz CT molecular complexity index is 744. The van der Waals surface area contributed by atoms with E-state index in [2.05, 4.69) is 16.8 Å². The van der Waals surface area contributed by atoms with Gasteiger partial charge in [0.25, 0.3) is 0 Å². The first-order chi connectivity index (χ1) is 12.4. The van der Waals surface area contributed by atoms with Gasteiger partial charge in [0.15, 0.2) is 0 Å². The lowest BCUT2D eigenvalue weighted by Gasteiger charge is -2.47. The Morgan fingerprint density at radius 2 is 1.81 bits per heavy atom. The van der Waals surface area contributed by atoms with Gasteiger partial charge in [0.2, 0.25) is 0 Å². The van der Waals surface area contributed by atoms with Crippen LogP contribution in [0.1, 0.15) is 31.1 Å². The molecule has 3 rings (SSSR count). The van der Waals surface area contributed by atoms with Crippen LogP contribution >= 0.6 is 0 Å². The van der Waals surface area contributed by atoms with Gasteiger partial charge in [0.1, 0.15) is 11.6 Å². The summed E-state index contributed by atoms with van der Waals surface area (Å²) in [6, 6.07) is 8.88. The van der Waals surface area contributed by atoms with Gasteiger partial charge in [-0.3, -0.25) is 9.88 Å². The molecule has 0 spiro atoms. The molecule has 1 fully saturated rings. The molecule has 1 aromatic heterocycles. The Kier molecular flexibility index (Phi) is 5.70. The van der Waals surface area contributed by atoms with Crippen molar-refractivity contribution in [1.29, 1.82) is 0 Å². The van der Waals surface area contributed by atoms with Crippen molar-refractivity contribution in [1.82, 2.24) is 14.7 Å². The predicted molar refractivity (Wildman–Crippen MR) is 98.6 cm³/mol. The third-order valence-corrected chi connectivity index (χ3v) is 5.13. The zero-order valence-electron chi connectivity index (χ0n) is 15.3. The van der Waals surface area contributed by atoms with Gasteiger partial charge in [-0.1, -0.05) is 12.1 Å². The second kappa shape index (κ2) is 7.82. The largest absolute Gasteiger partial charge is 0.437 e. The summed E-state index contributed by atoms with van der Waals surface area (Å²) < 4.78 is 28.0. The molecule has 2 heterocycles. The molecule has 0 amide bonds. The third kappa shape index (κ3) is 3.80. The number of rotatable bonds is 4. The summed E-state index contributed by atoms with van der Waals surface area (Å²) in [6.07, 6.45) is 1.58. The number of nitrogens with zero attached hydrogens (tertiary/aromatic N) is 3. The van der Waals surface area contributed by atoms with Gasteiger partial charge >= 0.3 is 7.05 Å². The van der Waals surface area contributed by atoms with E-state index in [0.717, 1.165) is 5.56 Å². The van der Waals surface area contributed by atoms with Crippen LogP contribution in [-0.2, 0) is 0 Å². The van der Waals surface area contributed by atoms with Crippen LogP contribution in [0.25, 0.3) is 0 Å². The molecule has 3 atom stereocenters.